The smallest absolute Gasteiger partial charge is 0.335 e. The van der Waals surface area contributed by atoms with Gasteiger partial charge in [-0.3, -0.25) is 25.0 Å². The summed E-state index contributed by atoms with van der Waals surface area (Å²) in [5.41, 5.74) is 0.384. The fraction of sp³-hybridized carbons (Fsp3) is 0.115. The summed E-state index contributed by atoms with van der Waals surface area (Å²) in [6.45, 7) is 2.23. The van der Waals surface area contributed by atoms with E-state index in [9.17, 15) is 24.5 Å². The average molecular weight is 556 g/mol. The van der Waals surface area contributed by atoms with Crippen molar-refractivity contribution in [1.29, 1.82) is 0 Å². The first kappa shape index (κ1) is 26.6. The maximum atomic E-state index is 13.2. The number of carbonyl (C=O) groups is 3. The first-order valence-electron chi connectivity index (χ1n) is 11.2. The Morgan fingerprint density at radius 1 is 1.03 bits per heavy atom. The molecule has 1 aliphatic rings. The molecule has 1 heterocycles. The van der Waals surface area contributed by atoms with Gasteiger partial charge >= 0.3 is 6.03 Å². The number of nitrogens with one attached hydrogen (secondary N) is 1. The molecule has 0 radical (unpaired) electrons. The van der Waals surface area contributed by atoms with Crippen LogP contribution in [0.4, 0.5) is 16.2 Å². The van der Waals surface area contributed by atoms with Crippen molar-refractivity contribution in [3.05, 3.63) is 97.5 Å². The van der Waals surface area contributed by atoms with E-state index in [4.69, 9.17) is 32.7 Å². The average Bonchev–Trinajstić information content (AvgIpc) is 2.87. The number of halogens is 2. The van der Waals surface area contributed by atoms with E-state index in [1.54, 1.807) is 31.2 Å². The molecule has 0 atom stereocenters. The molecule has 12 heteroatoms. The van der Waals surface area contributed by atoms with Gasteiger partial charge in [-0.1, -0.05) is 41.4 Å². The summed E-state index contributed by atoms with van der Waals surface area (Å²) in [6, 6.07) is 14.0. The van der Waals surface area contributed by atoms with Crippen LogP contribution in [0.25, 0.3) is 6.08 Å². The highest BCUT2D eigenvalue weighted by atomic mass is 35.5. The number of carbonyl (C=O) groups excluding carboxylic acids is 3. The van der Waals surface area contributed by atoms with E-state index in [2.05, 4.69) is 5.32 Å². The van der Waals surface area contributed by atoms with Crippen LogP contribution in [-0.4, -0.2) is 29.4 Å². The van der Waals surface area contributed by atoms with Gasteiger partial charge in [0.1, 0.15) is 12.2 Å². The lowest BCUT2D eigenvalue weighted by Gasteiger charge is -2.26. The minimum Gasteiger partial charge on any atom is -0.490 e. The molecule has 1 saturated heterocycles. The number of nitro groups is 1. The third kappa shape index (κ3) is 5.77. The molecular formula is C26H19Cl2N3O7. The zero-order chi connectivity index (χ0) is 27.4. The Labute approximate surface area is 226 Å². The summed E-state index contributed by atoms with van der Waals surface area (Å²) in [5.74, 6) is -1.36. The van der Waals surface area contributed by atoms with Crippen LogP contribution in [0.5, 0.6) is 11.5 Å². The SMILES string of the molecule is CCOc1cc(/C=C2\C(=O)NC(=O)N(c3cccc([N+](=O)[O-])c3)C2=O)cc(Cl)c1OCc1ccc(Cl)cc1. The quantitative estimate of drug-likeness (QED) is 0.167. The Morgan fingerprint density at radius 2 is 1.76 bits per heavy atom. The van der Waals surface area contributed by atoms with E-state index < -0.39 is 22.8 Å². The number of non-ortho nitro benzene ring substituents is 1. The number of amides is 4. The van der Waals surface area contributed by atoms with Gasteiger partial charge in [-0.25, -0.2) is 9.69 Å². The second kappa shape index (κ2) is 11.3. The molecule has 3 aromatic rings. The summed E-state index contributed by atoms with van der Waals surface area (Å²) >= 11 is 12.4. The first-order chi connectivity index (χ1) is 18.2. The number of benzene rings is 3. The van der Waals surface area contributed by atoms with Gasteiger partial charge in [-0.05, 0) is 54.5 Å². The molecule has 0 spiro atoms. The zero-order valence-electron chi connectivity index (χ0n) is 19.8. The maximum Gasteiger partial charge on any atom is 0.335 e. The molecule has 194 valence electrons. The van der Waals surface area contributed by atoms with Crippen molar-refractivity contribution in [2.75, 3.05) is 11.5 Å². The van der Waals surface area contributed by atoms with Crippen LogP contribution in [0.2, 0.25) is 10.0 Å². The van der Waals surface area contributed by atoms with E-state index >= 15 is 0 Å². The van der Waals surface area contributed by atoms with Crippen molar-refractivity contribution >= 4 is 58.5 Å². The molecule has 1 N–H and O–H groups in total. The summed E-state index contributed by atoms with van der Waals surface area (Å²) in [7, 11) is 0. The highest BCUT2D eigenvalue weighted by molar-refractivity contribution is 6.39. The highest BCUT2D eigenvalue weighted by Crippen LogP contribution is 2.38. The summed E-state index contributed by atoms with van der Waals surface area (Å²) < 4.78 is 11.6. The molecule has 1 aliphatic heterocycles. The minimum absolute atomic E-state index is 0.0703. The van der Waals surface area contributed by atoms with Gasteiger partial charge in [0.15, 0.2) is 11.5 Å². The summed E-state index contributed by atoms with van der Waals surface area (Å²) in [4.78, 5) is 49.3. The molecule has 1 fully saturated rings. The number of nitrogens with zero attached hydrogens (tertiary/aromatic N) is 2. The number of hydrogen-bond donors (Lipinski definition) is 1. The van der Waals surface area contributed by atoms with Crippen molar-refractivity contribution in [3.8, 4) is 11.5 Å². The number of urea groups is 1. The third-order valence-corrected chi connectivity index (χ3v) is 5.87. The number of nitro benzene ring substituents is 1. The maximum absolute atomic E-state index is 13.2. The molecule has 3 aromatic carbocycles. The molecule has 0 unspecified atom stereocenters. The lowest BCUT2D eigenvalue weighted by Crippen LogP contribution is -2.54. The number of rotatable bonds is 8. The standard InChI is InChI=1S/C26H19Cl2N3O7/c1-2-37-22-12-16(11-21(28)23(22)38-14-15-6-8-17(27)9-7-15)10-20-24(32)29-26(34)30(25(20)33)18-4-3-5-19(13-18)31(35)36/h3-13H,2,14H2,1H3,(H,29,32,34)/b20-10+. The number of anilines is 1. The normalized spacial score (nSPS) is 14.4. The van der Waals surface area contributed by atoms with Gasteiger partial charge in [0, 0.05) is 17.2 Å². The van der Waals surface area contributed by atoms with Crippen LogP contribution in [-0.2, 0) is 16.2 Å². The van der Waals surface area contributed by atoms with Gasteiger partial charge in [0.05, 0.1) is 22.2 Å². The summed E-state index contributed by atoms with van der Waals surface area (Å²) in [6.07, 6.45) is 1.24. The highest BCUT2D eigenvalue weighted by Gasteiger charge is 2.37. The molecule has 0 bridgehead atoms. The van der Waals surface area contributed by atoms with Crippen LogP contribution in [0.1, 0.15) is 18.1 Å². The number of hydrogen-bond acceptors (Lipinski definition) is 7. The van der Waals surface area contributed by atoms with Gasteiger partial charge in [0.2, 0.25) is 0 Å². The van der Waals surface area contributed by atoms with Crippen molar-refractivity contribution in [2.24, 2.45) is 0 Å². The van der Waals surface area contributed by atoms with E-state index in [0.717, 1.165) is 11.6 Å². The largest absolute Gasteiger partial charge is 0.490 e. The van der Waals surface area contributed by atoms with Gasteiger partial charge in [-0.2, -0.15) is 0 Å². The van der Waals surface area contributed by atoms with Crippen LogP contribution < -0.4 is 19.7 Å². The molecule has 0 aliphatic carbocycles. The predicted molar refractivity (Wildman–Crippen MR) is 141 cm³/mol. The Morgan fingerprint density at radius 3 is 2.45 bits per heavy atom. The lowest BCUT2D eigenvalue weighted by molar-refractivity contribution is -0.384. The van der Waals surface area contributed by atoms with Crippen LogP contribution in [0.3, 0.4) is 0 Å². The van der Waals surface area contributed by atoms with E-state index in [-0.39, 0.29) is 46.7 Å². The Hall–Kier alpha value is -4.41. The van der Waals surface area contributed by atoms with Crippen molar-refractivity contribution < 1.29 is 28.8 Å². The Balaban J connectivity index is 1.66. The topological polar surface area (TPSA) is 128 Å². The van der Waals surface area contributed by atoms with Gasteiger partial charge in [-0.15, -0.1) is 0 Å². The van der Waals surface area contributed by atoms with E-state index in [1.165, 1.54) is 36.4 Å². The molecule has 4 amide bonds. The third-order valence-electron chi connectivity index (χ3n) is 5.34. The zero-order valence-corrected chi connectivity index (χ0v) is 21.3. The minimum atomic E-state index is -1.03. The monoisotopic (exact) mass is 555 g/mol. The van der Waals surface area contributed by atoms with Crippen molar-refractivity contribution in [1.82, 2.24) is 5.32 Å². The fourth-order valence-corrected chi connectivity index (χ4v) is 4.01. The number of imide groups is 2. The van der Waals surface area contributed by atoms with Crippen molar-refractivity contribution in [3.63, 3.8) is 0 Å². The number of barbiturate groups is 1. The molecule has 4 rings (SSSR count). The predicted octanol–water partition coefficient (Wildman–Crippen LogP) is 5.55. The second-order valence-electron chi connectivity index (χ2n) is 7.91. The van der Waals surface area contributed by atoms with Gasteiger partial charge in [0.25, 0.3) is 17.5 Å². The molecule has 0 aromatic heterocycles. The fourth-order valence-electron chi connectivity index (χ4n) is 3.61. The van der Waals surface area contributed by atoms with Crippen LogP contribution in [0.15, 0.2) is 66.2 Å². The second-order valence-corrected chi connectivity index (χ2v) is 8.76. The molecule has 38 heavy (non-hydrogen) atoms. The van der Waals surface area contributed by atoms with E-state index in [1.807, 2.05) is 0 Å². The first-order valence-corrected chi connectivity index (χ1v) is 11.9. The molecule has 10 nitrogen and oxygen atoms in total. The lowest BCUT2D eigenvalue weighted by atomic mass is 10.1. The number of ether oxygens (including phenoxy) is 2. The van der Waals surface area contributed by atoms with Crippen LogP contribution >= 0.6 is 23.2 Å². The Kier molecular flexibility index (Phi) is 7.94. The molecular weight excluding hydrogens is 537 g/mol. The Bertz CT molecular complexity index is 1470. The summed E-state index contributed by atoms with van der Waals surface area (Å²) in [5, 5.41) is 14.0. The van der Waals surface area contributed by atoms with Gasteiger partial charge < -0.3 is 9.47 Å². The molecule has 0 saturated carbocycles. The van der Waals surface area contributed by atoms with Crippen LogP contribution in [0, 0.1) is 10.1 Å². The van der Waals surface area contributed by atoms with Crippen molar-refractivity contribution in [2.45, 2.75) is 13.5 Å². The van der Waals surface area contributed by atoms with E-state index in [0.29, 0.717) is 15.5 Å².